The Labute approximate surface area is 142 Å². The van der Waals surface area contributed by atoms with E-state index < -0.39 is 0 Å². The number of ether oxygens (including phenoxy) is 1. The maximum atomic E-state index is 12.5. The van der Waals surface area contributed by atoms with Gasteiger partial charge in [-0.15, -0.1) is 0 Å². The van der Waals surface area contributed by atoms with E-state index in [1.807, 2.05) is 56.3 Å². The monoisotopic (exact) mass is 322 g/mol. The molecule has 24 heavy (non-hydrogen) atoms. The number of nitrogens with zero attached hydrogens (tertiary/aromatic N) is 2. The molecular formula is C20H22N2O2. The van der Waals surface area contributed by atoms with Crippen LogP contribution in [-0.4, -0.2) is 22.3 Å². The van der Waals surface area contributed by atoms with Gasteiger partial charge in [0.05, 0.1) is 5.69 Å². The second-order valence-corrected chi connectivity index (χ2v) is 5.97. The average Bonchev–Trinajstić information content (AvgIpc) is 2.88. The summed E-state index contributed by atoms with van der Waals surface area (Å²) >= 11 is 0. The molecule has 4 nitrogen and oxygen atoms in total. The fraction of sp³-hybridized carbons (Fsp3) is 0.300. The zero-order chi connectivity index (χ0) is 17.1. The maximum Gasteiger partial charge on any atom is 0.284 e. The van der Waals surface area contributed by atoms with Crippen LogP contribution in [0, 0.1) is 13.8 Å². The van der Waals surface area contributed by atoms with Gasteiger partial charge < -0.3 is 4.74 Å². The molecule has 0 saturated carbocycles. The number of fused-ring (bicyclic) bond motifs is 1. The van der Waals surface area contributed by atoms with Crippen LogP contribution in [0.2, 0.25) is 0 Å². The van der Waals surface area contributed by atoms with E-state index in [9.17, 15) is 4.79 Å². The van der Waals surface area contributed by atoms with Crippen LogP contribution in [-0.2, 0) is 6.42 Å². The Morgan fingerprint density at radius 1 is 1.12 bits per heavy atom. The highest BCUT2D eigenvalue weighted by atomic mass is 16.5. The molecular weight excluding hydrogens is 300 g/mol. The van der Waals surface area contributed by atoms with Gasteiger partial charge in [-0.1, -0.05) is 49.7 Å². The topological polar surface area (TPSA) is 44.1 Å². The molecule has 4 heteroatoms. The van der Waals surface area contributed by atoms with E-state index in [4.69, 9.17) is 4.74 Å². The van der Waals surface area contributed by atoms with Crippen molar-refractivity contribution in [1.82, 2.24) is 9.78 Å². The second kappa shape index (κ2) is 6.87. The van der Waals surface area contributed by atoms with Gasteiger partial charge in [0.1, 0.15) is 5.75 Å². The van der Waals surface area contributed by atoms with E-state index in [0.29, 0.717) is 0 Å². The Hall–Kier alpha value is -2.62. The SMILES string of the molecule is CCCc1c(C)nn(C(=O)COc2cccc3ccccc23)c1C. The lowest BCUT2D eigenvalue weighted by atomic mass is 10.1. The summed E-state index contributed by atoms with van der Waals surface area (Å²) in [6, 6.07) is 13.8. The highest BCUT2D eigenvalue weighted by Gasteiger charge is 2.16. The number of carbonyl (C=O) groups excluding carboxylic acids is 1. The van der Waals surface area contributed by atoms with Gasteiger partial charge in [-0.2, -0.15) is 5.10 Å². The van der Waals surface area contributed by atoms with Crippen LogP contribution < -0.4 is 4.74 Å². The van der Waals surface area contributed by atoms with E-state index in [2.05, 4.69) is 12.0 Å². The summed E-state index contributed by atoms with van der Waals surface area (Å²) in [5.74, 6) is 0.572. The van der Waals surface area contributed by atoms with Crippen LogP contribution >= 0.6 is 0 Å². The summed E-state index contributed by atoms with van der Waals surface area (Å²) in [6.45, 7) is 6.00. The minimum atomic E-state index is -0.147. The van der Waals surface area contributed by atoms with Crippen molar-refractivity contribution in [3.8, 4) is 5.75 Å². The predicted octanol–water partition coefficient (Wildman–Crippen LogP) is 4.32. The standard InChI is InChI=1S/C20H22N2O2/c1-4-8-17-14(2)21-22(15(17)3)20(23)13-24-19-12-7-10-16-9-5-6-11-18(16)19/h5-7,9-12H,4,8,13H2,1-3H3. The van der Waals surface area contributed by atoms with Gasteiger partial charge in [0, 0.05) is 11.1 Å². The number of carbonyl (C=O) groups is 1. The average molecular weight is 322 g/mol. The van der Waals surface area contributed by atoms with Gasteiger partial charge in [-0.3, -0.25) is 4.79 Å². The number of hydrogen-bond donors (Lipinski definition) is 0. The molecule has 0 N–H and O–H groups in total. The molecule has 1 heterocycles. The van der Waals surface area contributed by atoms with Crippen LogP contribution in [0.5, 0.6) is 5.75 Å². The van der Waals surface area contributed by atoms with E-state index >= 15 is 0 Å². The van der Waals surface area contributed by atoms with Crippen molar-refractivity contribution in [3.05, 3.63) is 59.4 Å². The van der Waals surface area contributed by atoms with Crippen LogP contribution in [0.15, 0.2) is 42.5 Å². The van der Waals surface area contributed by atoms with Crippen molar-refractivity contribution in [1.29, 1.82) is 0 Å². The third-order valence-electron chi connectivity index (χ3n) is 4.28. The Kier molecular flexibility index (Phi) is 4.65. The van der Waals surface area contributed by atoms with Gasteiger partial charge in [0.15, 0.2) is 6.61 Å². The largest absolute Gasteiger partial charge is 0.483 e. The smallest absolute Gasteiger partial charge is 0.284 e. The first-order chi connectivity index (χ1) is 11.6. The predicted molar refractivity (Wildman–Crippen MR) is 95.8 cm³/mol. The van der Waals surface area contributed by atoms with Crippen molar-refractivity contribution in [2.24, 2.45) is 0 Å². The van der Waals surface area contributed by atoms with E-state index in [0.717, 1.165) is 46.3 Å². The Bertz CT molecular complexity index is 875. The summed E-state index contributed by atoms with van der Waals surface area (Å²) in [6.07, 6.45) is 1.98. The molecule has 0 saturated heterocycles. The van der Waals surface area contributed by atoms with Gasteiger partial charge in [0.2, 0.25) is 0 Å². The van der Waals surface area contributed by atoms with Crippen molar-refractivity contribution in [2.45, 2.75) is 33.6 Å². The zero-order valence-corrected chi connectivity index (χ0v) is 14.4. The molecule has 2 aromatic carbocycles. The molecule has 0 aliphatic carbocycles. The normalized spacial score (nSPS) is 11.0. The summed E-state index contributed by atoms with van der Waals surface area (Å²) in [7, 11) is 0. The van der Waals surface area contributed by atoms with Crippen molar-refractivity contribution < 1.29 is 9.53 Å². The molecule has 0 radical (unpaired) electrons. The summed E-state index contributed by atoms with van der Waals surface area (Å²) in [4.78, 5) is 12.5. The number of aryl methyl sites for hydroxylation is 1. The second-order valence-electron chi connectivity index (χ2n) is 5.97. The van der Waals surface area contributed by atoms with Gasteiger partial charge in [-0.05, 0) is 37.3 Å². The minimum Gasteiger partial charge on any atom is -0.483 e. The highest BCUT2D eigenvalue weighted by molar-refractivity contribution is 5.88. The molecule has 0 fully saturated rings. The summed E-state index contributed by atoms with van der Waals surface area (Å²) in [5.41, 5.74) is 3.00. The molecule has 0 aliphatic rings. The first kappa shape index (κ1) is 16.2. The lowest BCUT2D eigenvalue weighted by Crippen LogP contribution is -2.21. The summed E-state index contributed by atoms with van der Waals surface area (Å²) in [5, 5.41) is 6.49. The highest BCUT2D eigenvalue weighted by Crippen LogP contribution is 2.25. The van der Waals surface area contributed by atoms with Crippen molar-refractivity contribution in [3.63, 3.8) is 0 Å². The molecule has 124 valence electrons. The zero-order valence-electron chi connectivity index (χ0n) is 14.4. The fourth-order valence-electron chi connectivity index (χ4n) is 3.05. The molecule has 1 aromatic heterocycles. The lowest BCUT2D eigenvalue weighted by Gasteiger charge is -2.09. The molecule has 0 aliphatic heterocycles. The molecule has 0 spiro atoms. The Morgan fingerprint density at radius 3 is 2.67 bits per heavy atom. The quantitative estimate of drug-likeness (QED) is 0.702. The third-order valence-corrected chi connectivity index (χ3v) is 4.28. The molecule has 0 bridgehead atoms. The third kappa shape index (κ3) is 3.04. The van der Waals surface area contributed by atoms with Gasteiger partial charge >= 0.3 is 0 Å². The summed E-state index contributed by atoms with van der Waals surface area (Å²) < 4.78 is 7.27. The fourth-order valence-corrected chi connectivity index (χ4v) is 3.05. The molecule has 0 amide bonds. The van der Waals surface area contributed by atoms with E-state index in [1.54, 1.807) is 0 Å². The number of rotatable bonds is 5. The van der Waals surface area contributed by atoms with Crippen LogP contribution in [0.3, 0.4) is 0 Å². The molecule has 0 atom stereocenters. The lowest BCUT2D eigenvalue weighted by molar-refractivity contribution is 0.0819. The first-order valence-corrected chi connectivity index (χ1v) is 8.30. The number of hydrogen-bond acceptors (Lipinski definition) is 3. The molecule has 0 unspecified atom stereocenters. The van der Waals surface area contributed by atoms with Crippen LogP contribution in [0.25, 0.3) is 10.8 Å². The van der Waals surface area contributed by atoms with Crippen LogP contribution in [0.4, 0.5) is 0 Å². The number of benzene rings is 2. The van der Waals surface area contributed by atoms with Gasteiger partial charge in [-0.25, -0.2) is 4.68 Å². The maximum absolute atomic E-state index is 12.5. The first-order valence-electron chi connectivity index (χ1n) is 8.30. The van der Waals surface area contributed by atoms with Crippen LogP contribution in [0.1, 0.15) is 35.1 Å². The van der Waals surface area contributed by atoms with E-state index in [1.165, 1.54) is 4.68 Å². The van der Waals surface area contributed by atoms with Crippen molar-refractivity contribution >= 4 is 16.7 Å². The minimum absolute atomic E-state index is 0.0263. The van der Waals surface area contributed by atoms with Gasteiger partial charge in [0.25, 0.3) is 5.91 Å². The molecule has 3 aromatic rings. The van der Waals surface area contributed by atoms with Crippen molar-refractivity contribution in [2.75, 3.05) is 6.61 Å². The van der Waals surface area contributed by atoms with E-state index in [-0.39, 0.29) is 12.5 Å². The number of aromatic nitrogens is 2. The molecule has 3 rings (SSSR count). The Balaban J connectivity index is 1.79. The Morgan fingerprint density at radius 2 is 1.88 bits per heavy atom.